The van der Waals surface area contributed by atoms with E-state index in [1.807, 2.05) is 57.2 Å². The molecule has 0 aliphatic heterocycles. The molecule has 0 aromatic heterocycles. The van der Waals surface area contributed by atoms with Crippen LogP contribution in [0.15, 0.2) is 113 Å². The standard InChI is InChI=1S/C33H34N4O5S/c1-24-11-10-16-31(25(24)2)37(43(40,41)30-14-8-5-9-15-30)22-32(38)36-34-21-27-17-19-29(20-18-27)42-23-33(39)35-26(3)28-12-6-4-7-13-28/h4-21,26H,22-23H2,1-3H3,(H,35,39)(H,36,38)/b34-21+. The monoisotopic (exact) mass is 598 g/mol. The van der Waals surface area contributed by atoms with Crippen LogP contribution in [-0.2, 0) is 19.6 Å². The molecule has 2 N–H and O–H groups in total. The average molecular weight is 599 g/mol. The Labute approximate surface area is 252 Å². The molecule has 0 aliphatic carbocycles. The van der Waals surface area contributed by atoms with E-state index in [9.17, 15) is 18.0 Å². The number of carbonyl (C=O) groups is 2. The summed E-state index contributed by atoms with van der Waals surface area (Å²) in [5, 5.41) is 6.90. The molecule has 0 saturated heterocycles. The zero-order valence-corrected chi connectivity index (χ0v) is 25.0. The van der Waals surface area contributed by atoms with Crippen LogP contribution in [0.2, 0.25) is 0 Å². The number of rotatable bonds is 12. The summed E-state index contributed by atoms with van der Waals surface area (Å²) in [6.45, 7) is 5.01. The van der Waals surface area contributed by atoms with E-state index in [-0.39, 0.29) is 23.5 Å². The zero-order valence-electron chi connectivity index (χ0n) is 24.2. The fourth-order valence-electron chi connectivity index (χ4n) is 4.28. The van der Waals surface area contributed by atoms with Crippen LogP contribution in [0.5, 0.6) is 5.75 Å². The number of amides is 2. The first-order valence-electron chi connectivity index (χ1n) is 13.7. The third kappa shape index (κ3) is 8.30. The largest absolute Gasteiger partial charge is 0.484 e. The highest BCUT2D eigenvalue weighted by Crippen LogP contribution is 2.28. The lowest BCUT2D eigenvalue weighted by molar-refractivity contribution is -0.123. The van der Waals surface area contributed by atoms with Gasteiger partial charge < -0.3 is 10.1 Å². The lowest BCUT2D eigenvalue weighted by atomic mass is 10.1. The number of sulfonamides is 1. The first-order chi connectivity index (χ1) is 20.6. The molecule has 4 aromatic rings. The Morgan fingerprint density at radius 2 is 1.51 bits per heavy atom. The SMILES string of the molecule is Cc1cccc(N(CC(=O)N/N=C/c2ccc(OCC(=O)NC(C)c3ccccc3)cc2)S(=O)(=O)c2ccccc2)c1C. The molecule has 0 bridgehead atoms. The van der Waals surface area contributed by atoms with Crippen molar-refractivity contribution in [3.8, 4) is 5.75 Å². The normalized spacial score (nSPS) is 12.0. The number of nitrogens with zero attached hydrogens (tertiary/aromatic N) is 2. The Kier molecular flexibility index (Phi) is 10.3. The summed E-state index contributed by atoms with van der Waals surface area (Å²) in [6, 6.07) is 29.6. The van der Waals surface area contributed by atoms with Gasteiger partial charge in [0.25, 0.3) is 21.8 Å². The van der Waals surface area contributed by atoms with Crippen LogP contribution in [0.3, 0.4) is 0 Å². The summed E-state index contributed by atoms with van der Waals surface area (Å²) < 4.78 is 33.8. The highest BCUT2D eigenvalue weighted by atomic mass is 32.2. The van der Waals surface area contributed by atoms with Gasteiger partial charge in [-0.3, -0.25) is 13.9 Å². The number of aryl methyl sites for hydroxylation is 1. The highest BCUT2D eigenvalue weighted by Gasteiger charge is 2.28. The lowest BCUT2D eigenvalue weighted by Crippen LogP contribution is -2.40. The van der Waals surface area contributed by atoms with Gasteiger partial charge >= 0.3 is 0 Å². The zero-order chi connectivity index (χ0) is 30.8. The van der Waals surface area contributed by atoms with Gasteiger partial charge in [0.1, 0.15) is 12.3 Å². The van der Waals surface area contributed by atoms with E-state index in [2.05, 4.69) is 15.8 Å². The van der Waals surface area contributed by atoms with Crippen LogP contribution in [-0.4, -0.2) is 39.6 Å². The van der Waals surface area contributed by atoms with E-state index in [1.54, 1.807) is 54.6 Å². The Hall–Kier alpha value is -4.96. The number of carbonyl (C=O) groups excluding carboxylic acids is 2. The van der Waals surface area contributed by atoms with Crippen molar-refractivity contribution in [3.05, 3.63) is 125 Å². The maximum Gasteiger partial charge on any atom is 0.264 e. The molecule has 4 rings (SSSR count). The summed E-state index contributed by atoms with van der Waals surface area (Å²) in [7, 11) is -4.02. The fourth-order valence-corrected chi connectivity index (χ4v) is 5.78. The van der Waals surface area contributed by atoms with Gasteiger partial charge in [0.15, 0.2) is 6.61 Å². The Bertz CT molecular complexity index is 1680. The van der Waals surface area contributed by atoms with Crippen molar-refractivity contribution in [2.75, 3.05) is 17.5 Å². The molecule has 10 heteroatoms. The van der Waals surface area contributed by atoms with E-state index >= 15 is 0 Å². The molecule has 0 saturated carbocycles. The third-order valence-corrected chi connectivity index (χ3v) is 8.57. The molecule has 0 spiro atoms. The van der Waals surface area contributed by atoms with Crippen molar-refractivity contribution in [2.45, 2.75) is 31.7 Å². The van der Waals surface area contributed by atoms with Gasteiger partial charge in [0.2, 0.25) is 0 Å². The van der Waals surface area contributed by atoms with Crippen LogP contribution in [0.25, 0.3) is 0 Å². The quantitative estimate of drug-likeness (QED) is 0.178. The Morgan fingerprint density at radius 1 is 0.860 bits per heavy atom. The van der Waals surface area contributed by atoms with Gasteiger partial charge in [0.05, 0.1) is 22.8 Å². The molecule has 0 heterocycles. The molecule has 1 atom stereocenters. The van der Waals surface area contributed by atoms with Crippen LogP contribution in [0, 0.1) is 13.8 Å². The van der Waals surface area contributed by atoms with Crippen molar-refractivity contribution >= 4 is 33.7 Å². The molecule has 43 heavy (non-hydrogen) atoms. The highest BCUT2D eigenvalue weighted by molar-refractivity contribution is 7.92. The van der Waals surface area contributed by atoms with E-state index in [0.29, 0.717) is 17.0 Å². The second-order valence-corrected chi connectivity index (χ2v) is 11.8. The fraction of sp³-hybridized carbons (Fsp3) is 0.182. The summed E-state index contributed by atoms with van der Waals surface area (Å²) >= 11 is 0. The number of benzene rings is 4. The van der Waals surface area contributed by atoms with Gasteiger partial charge in [-0.2, -0.15) is 5.10 Å². The second-order valence-electron chi connectivity index (χ2n) is 9.89. The van der Waals surface area contributed by atoms with Gasteiger partial charge in [-0.15, -0.1) is 0 Å². The molecule has 0 aliphatic rings. The molecular weight excluding hydrogens is 564 g/mol. The first kappa shape index (κ1) is 31.0. The predicted octanol–water partition coefficient (Wildman–Crippen LogP) is 4.91. The van der Waals surface area contributed by atoms with Crippen molar-refractivity contribution in [2.24, 2.45) is 5.10 Å². The molecule has 9 nitrogen and oxygen atoms in total. The third-order valence-electron chi connectivity index (χ3n) is 6.79. The van der Waals surface area contributed by atoms with Gasteiger partial charge in [-0.25, -0.2) is 13.8 Å². The topological polar surface area (TPSA) is 117 Å². The second kappa shape index (κ2) is 14.3. The van der Waals surface area contributed by atoms with Crippen molar-refractivity contribution < 1.29 is 22.7 Å². The van der Waals surface area contributed by atoms with Gasteiger partial charge in [-0.05, 0) is 85.5 Å². The predicted molar refractivity (Wildman–Crippen MR) is 168 cm³/mol. The average Bonchev–Trinajstić information content (AvgIpc) is 3.02. The summed E-state index contributed by atoms with van der Waals surface area (Å²) in [5.74, 6) is -0.347. The van der Waals surface area contributed by atoms with Crippen molar-refractivity contribution in [1.29, 1.82) is 0 Å². The molecule has 222 valence electrons. The van der Waals surface area contributed by atoms with Gasteiger partial charge in [-0.1, -0.05) is 60.7 Å². The number of hydrazone groups is 1. The first-order valence-corrected chi connectivity index (χ1v) is 15.1. The van der Waals surface area contributed by atoms with Crippen LogP contribution >= 0.6 is 0 Å². The number of hydrogen-bond acceptors (Lipinski definition) is 6. The summed E-state index contributed by atoms with van der Waals surface area (Å²) in [5.41, 5.74) is 6.16. The number of nitrogens with one attached hydrogen (secondary N) is 2. The van der Waals surface area contributed by atoms with Gasteiger partial charge in [0, 0.05) is 0 Å². The molecule has 4 aromatic carbocycles. The molecule has 1 unspecified atom stereocenters. The minimum absolute atomic E-state index is 0.0812. The number of anilines is 1. The molecule has 0 radical (unpaired) electrons. The number of hydrogen-bond donors (Lipinski definition) is 2. The lowest BCUT2D eigenvalue weighted by Gasteiger charge is -2.26. The van der Waals surface area contributed by atoms with Crippen LogP contribution in [0.4, 0.5) is 5.69 Å². The molecule has 2 amide bonds. The summed E-state index contributed by atoms with van der Waals surface area (Å²) in [6.07, 6.45) is 1.43. The number of ether oxygens (including phenoxy) is 1. The maximum atomic E-state index is 13.5. The van der Waals surface area contributed by atoms with E-state index in [0.717, 1.165) is 21.0 Å². The Balaban J connectivity index is 1.34. The minimum atomic E-state index is -4.02. The van der Waals surface area contributed by atoms with Crippen molar-refractivity contribution in [1.82, 2.24) is 10.7 Å². The Morgan fingerprint density at radius 3 is 2.19 bits per heavy atom. The minimum Gasteiger partial charge on any atom is -0.484 e. The van der Waals surface area contributed by atoms with Crippen molar-refractivity contribution in [3.63, 3.8) is 0 Å². The maximum absolute atomic E-state index is 13.5. The van der Waals surface area contributed by atoms with Crippen LogP contribution in [0.1, 0.15) is 35.2 Å². The van der Waals surface area contributed by atoms with Crippen LogP contribution < -0.4 is 19.8 Å². The van der Waals surface area contributed by atoms with E-state index < -0.39 is 22.5 Å². The smallest absolute Gasteiger partial charge is 0.264 e. The summed E-state index contributed by atoms with van der Waals surface area (Å²) in [4.78, 5) is 25.2. The molecular formula is C33H34N4O5S. The molecule has 0 fully saturated rings. The van der Waals surface area contributed by atoms with E-state index in [4.69, 9.17) is 4.74 Å². The van der Waals surface area contributed by atoms with E-state index in [1.165, 1.54) is 18.3 Å².